The van der Waals surface area contributed by atoms with Gasteiger partial charge >= 0.3 is 8.25 Å². The van der Waals surface area contributed by atoms with Crippen LogP contribution in [0.5, 0.6) is 0 Å². The Labute approximate surface area is 66.5 Å². The molecule has 54 valence electrons. The molecule has 5 heteroatoms. The minimum absolute atomic E-state index is 0. The maximum Gasteiger partial charge on any atom is 0.694 e. The second kappa shape index (κ2) is 6.67. The fraction of sp³-hybridized carbons (Fsp3) is 1.00. The summed E-state index contributed by atoms with van der Waals surface area (Å²) >= 11 is 0. The summed E-state index contributed by atoms with van der Waals surface area (Å²) in [7, 11) is -2.38. The third kappa shape index (κ3) is 11.9. The molecule has 1 N–H and O–H groups in total. The molecule has 1 atom stereocenters. The highest BCUT2D eigenvalue weighted by Gasteiger charge is 2.11. The normalized spacial score (nSPS) is 10.9. The molecule has 0 aromatic carbocycles. The van der Waals surface area contributed by atoms with Crippen LogP contribution < -0.4 is 0 Å². The molecule has 0 aliphatic heterocycles. The zero-order valence-electron chi connectivity index (χ0n) is 5.00. The lowest BCUT2D eigenvalue weighted by molar-refractivity contribution is 0.248. The summed E-state index contributed by atoms with van der Waals surface area (Å²) in [6.45, 7) is 4.18. The topological polar surface area (TPSA) is 46.5 Å². The van der Waals surface area contributed by atoms with Crippen LogP contribution in [0.1, 0.15) is 13.8 Å². The van der Waals surface area contributed by atoms with Crippen molar-refractivity contribution in [2.75, 3.05) is 6.61 Å². The molecule has 0 saturated heterocycles. The predicted molar refractivity (Wildman–Crippen MR) is 40.6 cm³/mol. The van der Waals surface area contributed by atoms with Crippen LogP contribution in [0.15, 0.2) is 0 Å². The van der Waals surface area contributed by atoms with Gasteiger partial charge in [0.25, 0.3) is 0 Å². The van der Waals surface area contributed by atoms with Crippen molar-refractivity contribution in [3.63, 3.8) is 0 Å². The van der Waals surface area contributed by atoms with Crippen LogP contribution in [0.25, 0.3) is 0 Å². The van der Waals surface area contributed by atoms with Crippen LogP contribution in [0.3, 0.4) is 0 Å². The molecule has 0 aromatic heterocycles. The quantitative estimate of drug-likeness (QED) is 0.479. The van der Waals surface area contributed by atoms with E-state index in [-0.39, 0.29) is 17.4 Å². The minimum atomic E-state index is -2.38. The van der Waals surface area contributed by atoms with Crippen molar-refractivity contribution >= 4 is 25.6 Å². The van der Waals surface area contributed by atoms with E-state index in [1.807, 2.05) is 13.8 Å². The number of hydrogen-bond acceptors (Lipinski definition) is 2. The van der Waals surface area contributed by atoms with Gasteiger partial charge < -0.3 is 0 Å². The Morgan fingerprint density at radius 3 is 2.22 bits per heavy atom. The van der Waals surface area contributed by atoms with Gasteiger partial charge in [-0.05, 0) is 5.92 Å². The second-order valence-corrected chi connectivity index (χ2v) is 2.66. The lowest BCUT2D eigenvalue weighted by Gasteiger charge is -1.92. The monoisotopic (exact) mass is 167 g/mol. The van der Waals surface area contributed by atoms with E-state index in [9.17, 15) is 4.57 Å². The summed E-state index contributed by atoms with van der Waals surface area (Å²) in [6, 6.07) is 0. The highest BCUT2D eigenvalue weighted by Crippen LogP contribution is 2.15. The predicted octanol–water partition coefficient (Wildman–Crippen LogP) is 0.125. The first-order valence-corrected chi connectivity index (χ1v) is 3.55. The summed E-state index contributed by atoms with van der Waals surface area (Å²) in [4.78, 5) is 8.09. The van der Waals surface area contributed by atoms with Crippen LogP contribution >= 0.6 is 8.25 Å². The Kier molecular flexibility index (Phi) is 9.08. The molecule has 0 radical (unpaired) electrons. The maximum absolute atomic E-state index is 9.83. The van der Waals surface area contributed by atoms with Crippen LogP contribution in [-0.4, -0.2) is 28.9 Å². The second-order valence-electron chi connectivity index (χ2n) is 1.93. The Morgan fingerprint density at radius 1 is 1.67 bits per heavy atom. The Morgan fingerprint density at radius 2 is 2.11 bits per heavy atom. The number of hydrogen-bond donors (Lipinski definition) is 1. The molecule has 0 fully saturated rings. The van der Waals surface area contributed by atoms with Crippen LogP contribution in [0.2, 0.25) is 0 Å². The fourth-order valence-electron chi connectivity index (χ4n) is 0.213. The van der Waals surface area contributed by atoms with Gasteiger partial charge in [-0.25, -0.2) is 0 Å². The van der Waals surface area contributed by atoms with E-state index in [0.29, 0.717) is 12.5 Å². The molecule has 0 aliphatic carbocycles. The van der Waals surface area contributed by atoms with Gasteiger partial charge in [0.15, 0.2) is 17.4 Å². The first-order valence-electron chi connectivity index (χ1n) is 2.42. The highest BCUT2D eigenvalue weighted by molar-refractivity contribution is 7.32. The first-order chi connectivity index (χ1) is 3.63. The van der Waals surface area contributed by atoms with Crippen LogP contribution in [0, 0.1) is 5.92 Å². The molecule has 0 saturated carbocycles. The molecular formula is C4H13AlO3P+. The molecule has 0 heterocycles. The highest BCUT2D eigenvalue weighted by atomic mass is 31.1. The van der Waals surface area contributed by atoms with Crippen molar-refractivity contribution in [3.8, 4) is 0 Å². The van der Waals surface area contributed by atoms with Crippen LogP contribution in [-0.2, 0) is 9.09 Å². The first kappa shape index (κ1) is 12.2. The summed E-state index contributed by atoms with van der Waals surface area (Å²) < 4.78 is 14.2. The van der Waals surface area contributed by atoms with E-state index in [4.69, 9.17) is 4.89 Å². The minimum Gasteiger partial charge on any atom is -0.133 e. The molecule has 9 heavy (non-hydrogen) atoms. The van der Waals surface area contributed by atoms with Crippen molar-refractivity contribution < 1.29 is 14.0 Å². The van der Waals surface area contributed by atoms with Crippen molar-refractivity contribution in [2.24, 2.45) is 5.92 Å². The zero-order valence-corrected chi connectivity index (χ0v) is 5.89. The van der Waals surface area contributed by atoms with E-state index in [0.717, 1.165) is 0 Å². The Balaban J connectivity index is 0. The van der Waals surface area contributed by atoms with E-state index in [1.165, 1.54) is 0 Å². The molecule has 0 aromatic rings. The third-order valence-corrected chi connectivity index (χ3v) is 0.888. The lowest BCUT2D eigenvalue weighted by atomic mass is 10.2. The zero-order chi connectivity index (χ0) is 6.57. The average Bonchev–Trinajstić information content (AvgIpc) is 1.61. The SMILES string of the molecule is CC(C)CO[P+](=O)O.[AlH3]. The van der Waals surface area contributed by atoms with Gasteiger partial charge in [-0.2, -0.15) is 0 Å². The largest absolute Gasteiger partial charge is 0.694 e. The van der Waals surface area contributed by atoms with Gasteiger partial charge in [-0.3, -0.25) is 0 Å². The molecular weight excluding hydrogens is 154 g/mol. The van der Waals surface area contributed by atoms with Gasteiger partial charge in [0, 0.05) is 4.57 Å². The molecule has 0 bridgehead atoms. The molecule has 1 unspecified atom stereocenters. The van der Waals surface area contributed by atoms with Gasteiger partial charge in [0.1, 0.15) is 6.61 Å². The molecule has 0 aliphatic rings. The lowest BCUT2D eigenvalue weighted by Crippen LogP contribution is -1.95. The van der Waals surface area contributed by atoms with Crippen molar-refractivity contribution in [1.29, 1.82) is 0 Å². The van der Waals surface area contributed by atoms with E-state index >= 15 is 0 Å². The molecule has 3 nitrogen and oxygen atoms in total. The van der Waals surface area contributed by atoms with Crippen molar-refractivity contribution in [2.45, 2.75) is 13.8 Å². The summed E-state index contributed by atoms with van der Waals surface area (Å²) in [5, 5.41) is 0. The van der Waals surface area contributed by atoms with Crippen molar-refractivity contribution in [3.05, 3.63) is 0 Å². The maximum atomic E-state index is 9.83. The summed E-state index contributed by atoms with van der Waals surface area (Å²) in [5.41, 5.74) is 0. The Hall–Kier alpha value is 0.552. The van der Waals surface area contributed by atoms with Crippen molar-refractivity contribution in [1.82, 2.24) is 0 Å². The molecule has 0 spiro atoms. The fourth-order valence-corrected chi connectivity index (χ4v) is 0.639. The van der Waals surface area contributed by atoms with Gasteiger partial charge in [0.05, 0.1) is 0 Å². The van der Waals surface area contributed by atoms with E-state index in [2.05, 4.69) is 4.52 Å². The van der Waals surface area contributed by atoms with Gasteiger partial charge in [-0.15, -0.1) is 9.42 Å². The van der Waals surface area contributed by atoms with E-state index in [1.54, 1.807) is 0 Å². The molecule has 0 amide bonds. The number of rotatable bonds is 3. The smallest absolute Gasteiger partial charge is 0.133 e. The van der Waals surface area contributed by atoms with Gasteiger partial charge in [-0.1, -0.05) is 13.8 Å². The van der Waals surface area contributed by atoms with Gasteiger partial charge in [0.2, 0.25) is 0 Å². The third-order valence-electron chi connectivity index (χ3n) is 0.518. The summed E-state index contributed by atoms with van der Waals surface area (Å²) in [5.74, 6) is 0.320. The average molecular weight is 167 g/mol. The standard InChI is InChI=1S/C4H9O3P.Al.3H/c1-4(2)3-7-8(5)6;;;;/h4H,3H2,1-2H3;;;;/p+1. The Bertz CT molecular complexity index is 85.9. The summed E-state index contributed by atoms with van der Waals surface area (Å²) in [6.07, 6.45) is 0. The van der Waals surface area contributed by atoms with E-state index < -0.39 is 8.25 Å². The van der Waals surface area contributed by atoms with Crippen LogP contribution in [0.4, 0.5) is 0 Å². The molecule has 0 rings (SSSR count).